The fraction of sp³-hybridized carbons (Fsp3) is 1.00. The van der Waals surface area contributed by atoms with E-state index < -0.39 is 9.84 Å². The van der Waals surface area contributed by atoms with Gasteiger partial charge in [-0.1, -0.05) is 26.2 Å². The van der Waals surface area contributed by atoms with Crippen LogP contribution in [0.3, 0.4) is 0 Å². The molecule has 4 nitrogen and oxygen atoms in total. The minimum absolute atomic E-state index is 0.0312. The van der Waals surface area contributed by atoms with Crippen LogP contribution in [0.15, 0.2) is 0 Å². The molecule has 1 aliphatic heterocycles. The van der Waals surface area contributed by atoms with Crippen molar-refractivity contribution in [1.29, 1.82) is 0 Å². The smallest absolute Gasteiger partial charge is 0.151 e. The molecule has 0 amide bonds. The van der Waals surface area contributed by atoms with E-state index in [1.165, 1.54) is 19.3 Å². The standard InChI is InChI=1S/C14H28N2O2S/c1-3-12-5-4-7-14(9-12,11-15)16(2)13-6-8-19(17,18)10-13/h12-13H,3-11,15H2,1-2H3. The summed E-state index contributed by atoms with van der Waals surface area (Å²) in [6.45, 7) is 2.90. The van der Waals surface area contributed by atoms with Gasteiger partial charge in [0.15, 0.2) is 9.84 Å². The summed E-state index contributed by atoms with van der Waals surface area (Å²) in [6, 6.07) is 0.171. The maximum absolute atomic E-state index is 11.7. The lowest BCUT2D eigenvalue weighted by Crippen LogP contribution is -2.58. The van der Waals surface area contributed by atoms with Gasteiger partial charge in [-0.25, -0.2) is 8.42 Å². The van der Waals surface area contributed by atoms with Crippen LogP contribution in [0, 0.1) is 5.92 Å². The number of nitrogens with two attached hydrogens (primary N) is 1. The molecule has 0 aromatic rings. The predicted molar refractivity (Wildman–Crippen MR) is 78.9 cm³/mol. The van der Waals surface area contributed by atoms with Crippen molar-refractivity contribution >= 4 is 9.84 Å². The van der Waals surface area contributed by atoms with E-state index in [2.05, 4.69) is 18.9 Å². The number of rotatable bonds is 4. The lowest BCUT2D eigenvalue weighted by molar-refractivity contribution is 0.0305. The molecule has 2 rings (SSSR count). The highest BCUT2D eigenvalue weighted by Crippen LogP contribution is 2.39. The van der Waals surface area contributed by atoms with Crippen LogP contribution in [0.25, 0.3) is 0 Å². The Morgan fingerprint density at radius 3 is 2.63 bits per heavy atom. The molecule has 3 unspecified atom stereocenters. The van der Waals surface area contributed by atoms with Crippen LogP contribution in [-0.4, -0.2) is 50.0 Å². The van der Waals surface area contributed by atoms with Crippen LogP contribution in [0.1, 0.15) is 45.4 Å². The van der Waals surface area contributed by atoms with E-state index in [1.54, 1.807) is 0 Å². The summed E-state index contributed by atoms with van der Waals surface area (Å²) in [7, 11) is -0.722. The van der Waals surface area contributed by atoms with Gasteiger partial charge in [0.25, 0.3) is 0 Å². The van der Waals surface area contributed by atoms with Gasteiger partial charge in [0.05, 0.1) is 11.5 Å². The summed E-state index contributed by atoms with van der Waals surface area (Å²) in [6.07, 6.45) is 6.75. The van der Waals surface area contributed by atoms with Gasteiger partial charge in [0, 0.05) is 18.1 Å². The lowest BCUT2D eigenvalue weighted by Gasteiger charge is -2.49. The van der Waals surface area contributed by atoms with Gasteiger partial charge in [0.1, 0.15) is 0 Å². The molecule has 5 heteroatoms. The Kier molecular flexibility index (Phi) is 4.58. The Labute approximate surface area is 117 Å². The highest BCUT2D eigenvalue weighted by molar-refractivity contribution is 7.91. The van der Waals surface area contributed by atoms with Crippen LogP contribution < -0.4 is 5.73 Å². The molecule has 2 aliphatic rings. The molecular formula is C14H28N2O2S. The Bertz CT molecular complexity index is 410. The summed E-state index contributed by atoms with van der Waals surface area (Å²) in [5.41, 5.74) is 6.13. The van der Waals surface area contributed by atoms with E-state index >= 15 is 0 Å². The van der Waals surface area contributed by atoms with Gasteiger partial charge in [-0.3, -0.25) is 4.90 Å². The number of nitrogens with zero attached hydrogens (tertiary/aromatic N) is 1. The summed E-state index contributed by atoms with van der Waals surface area (Å²) < 4.78 is 23.4. The highest BCUT2D eigenvalue weighted by atomic mass is 32.2. The molecule has 0 spiro atoms. The maximum atomic E-state index is 11.7. The van der Waals surface area contributed by atoms with E-state index in [0.717, 1.165) is 25.2 Å². The van der Waals surface area contributed by atoms with Crippen molar-refractivity contribution in [3.8, 4) is 0 Å². The molecule has 2 fully saturated rings. The van der Waals surface area contributed by atoms with Crippen molar-refractivity contribution in [1.82, 2.24) is 4.90 Å². The first-order chi connectivity index (χ1) is 8.92. The molecule has 1 aliphatic carbocycles. The lowest BCUT2D eigenvalue weighted by atomic mass is 9.73. The van der Waals surface area contributed by atoms with E-state index in [1.807, 2.05) is 0 Å². The second kappa shape index (κ2) is 5.70. The zero-order valence-electron chi connectivity index (χ0n) is 12.3. The van der Waals surface area contributed by atoms with E-state index in [0.29, 0.717) is 18.1 Å². The fourth-order valence-corrected chi connectivity index (χ4v) is 5.70. The third-order valence-corrected chi connectivity index (χ3v) is 7.14. The van der Waals surface area contributed by atoms with Gasteiger partial charge >= 0.3 is 0 Å². The first-order valence-corrected chi connectivity index (χ1v) is 9.38. The molecule has 0 bridgehead atoms. The predicted octanol–water partition coefficient (Wildman–Crippen LogP) is 1.40. The summed E-state index contributed by atoms with van der Waals surface area (Å²) >= 11 is 0. The summed E-state index contributed by atoms with van der Waals surface area (Å²) in [5, 5.41) is 0. The van der Waals surface area contributed by atoms with Crippen molar-refractivity contribution in [2.75, 3.05) is 25.1 Å². The highest BCUT2D eigenvalue weighted by Gasteiger charge is 2.43. The van der Waals surface area contributed by atoms with Crippen molar-refractivity contribution in [2.24, 2.45) is 11.7 Å². The molecule has 0 radical (unpaired) electrons. The van der Waals surface area contributed by atoms with Crippen LogP contribution in [0.2, 0.25) is 0 Å². The molecule has 1 saturated heterocycles. The number of hydrogen-bond acceptors (Lipinski definition) is 4. The average Bonchev–Trinajstić information content (AvgIpc) is 2.78. The average molecular weight is 288 g/mol. The van der Waals surface area contributed by atoms with E-state index in [9.17, 15) is 8.42 Å². The Hall–Kier alpha value is -0.130. The molecule has 1 saturated carbocycles. The summed E-state index contributed by atoms with van der Waals surface area (Å²) in [4.78, 5) is 2.32. The van der Waals surface area contributed by atoms with Gasteiger partial charge in [-0.15, -0.1) is 0 Å². The minimum atomic E-state index is -2.82. The largest absolute Gasteiger partial charge is 0.329 e. The third kappa shape index (κ3) is 3.14. The Morgan fingerprint density at radius 1 is 1.37 bits per heavy atom. The molecule has 19 heavy (non-hydrogen) atoms. The third-order valence-electron chi connectivity index (χ3n) is 5.38. The van der Waals surface area contributed by atoms with Crippen LogP contribution in [0.5, 0.6) is 0 Å². The molecule has 2 N–H and O–H groups in total. The van der Waals surface area contributed by atoms with Crippen molar-refractivity contribution in [3.05, 3.63) is 0 Å². The quantitative estimate of drug-likeness (QED) is 0.849. The molecule has 112 valence electrons. The number of hydrogen-bond donors (Lipinski definition) is 1. The Balaban J connectivity index is 2.12. The molecule has 0 aromatic carbocycles. The van der Waals surface area contributed by atoms with Gasteiger partial charge in [0.2, 0.25) is 0 Å². The zero-order valence-corrected chi connectivity index (χ0v) is 13.1. The van der Waals surface area contributed by atoms with Gasteiger partial charge < -0.3 is 5.73 Å². The van der Waals surface area contributed by atoms with Crippen molar-refractivity contribution in [2.45, 2.75) is 57.0 Å². The topological polar surface area (TPSA) is 63.4 Å². The van der Waals surface area contributed by atoms with Crippen LogP contribution in [0.4, 0.5) is 0 Å². The SMILES string of the molecule is CCC1CCCC(CN)(N(C)C2CCS(=O)(=O)C2)C1. The van der Waals surface area contributed by atoms with Gasteiger partial charge in [-0.2, -0.15) is 0 Å². The van der Waals surface area contributed by atoms with Crippen molar-refractivity contribution < 1.29 is 8.42 Å². The van der Waals surface area contributed by atoms with E-state index in [4.69, 9.17) is 5.73 Å². The Morgan fingerprint density at radius 2 is 2.11 bits per heavy atom. The molecular weight excluding hydrogens is 260 g/mol. The van der Waals surface area contributed by atoms with Crippen LogP contribution >= 0.6 is 0 Å². The monoisotopic (exact) mass is 288 g/mol. The second-order valence-corrected chi connectivity index (χ2v) is 8.70. The second-order valence-electron chi connectivity index (χ2n) is 6.47. The minimum Gasteiger partial charge on any atom is -0.329 e. The fourth-order valence-electron chi connectivity index (χ4n) is 3.93. The number of sulfone groups is 1. The molecule has 0 aromatic heterocycles. The normalized spacial score (nSPS) is 38.7. The number of likely N-dealkylation sites (N-methyl/N-ethyl adjacent to an activating group) is 1. The summed E-state index contributed by atoms with van der Waals surface area (Å²) in [5.74, 6) is 1.42. The molecule has 3 atom stereocenters. The first-order valence-electron chi connectivity index (χ1n) is 7.56. The van der Waals surface area contributed by atoms with Crippen molar-refractivity contribution in [3.63, 3.8) is 0 Å². The maximum Gasteiger partial charge on any atom is 0.151 e. The van der Waals surface area contributed by atoms with Gasteiger partial charge in [-0.05, 0) is 32.2 Å². The van der Waals surface area contributed by atoms with E-state index in [-0.39, 0.29) is 11.6 Å². The zero-order chi connectivity index (χ0) is 14.1. The molecule has 1 heterocycles. The van der Waals surface area contributed by atoms with Crippen LogP contribution in [-0.2, 0) is 9.84 Å². The first kappa shape index (κ1) is 15.3.